The highest BCUT2D eigenvalue weighted by molar-refractivity contribution is 8.22. The van der Waals surface area contributed by atoms with Crippen LogP contribution in [0.3, 0.4) is 0 Å². The molecule has 2 N–H and O–H groups in total. The zero-order valence-corrected chi connectivity index (χ0v) is 20.0. The van der Waals surface area contributed by atoms with Crippen molar-refractivity contribution in [3.8, 4) is 0 Å². The van der Waals surface area contributed by atoms with Gasteiger partial charge in [0, 0.05) is 44.3 Å². The minimum atomic E-state index is -0.462. The van der Waals surface area contributed by atoms with Crippen LogP contribution in [0, 0.1) is 11.3 Å². The number of carbonyl (C=O) groups excluding carboxylic acids is 2. The molecule has 2 amide bonds. The second-order valence-electron chi connectivity index (χ2n) is 10.3. The summed E-state index contributed by atoms with van der Waals surface area (Å²) in [6, 6.07) is 5.94. The number of rotatable bonds is 5. The van der Waals surface area contributed by atoms with Crippen molar-refractivity contribution >= 4 is 34.1 Å². The topological polar surface area (TPSA) is 64.7 Å². The SMILES string of the molecule is O=C(Nc1ccc(C(=O)N2CCNCC2[SH]2C=CC=C2)c(N2CCC3(CCC3)C2)c1)C1CC1. The van der Waals surface area contributed by atoms with Gasteiger partial charge < -0.3 is 20.4 Å². The first-order chi connectivity index (χ1) is 16.1. The highest BCUT2D eigenvalue weighted by atomic mass is 32.2. The van der Waals surface area contributed by atoms with Gasteiger partial charge in [-0.15, -0.1) is 0 Å². The normalized spacial score (nSPS) is 26.7. The van der Waals surface area contributed by atoms with Crippen LogP contribution < -0.4 is 15.5 Å². The molecule has 2 saturated carbocycles. The molecule has 33 heavy (non-hydrogen) atoms. The number of benzene rings is 1. The van der Waals surface area contributed by atoms with E-state index in [4.69, 9.17) is 0 Å². The van der Waals surface area contributed by atoms with Crippen LogP contribution in [0.2, 0.25) is 0 Å². The van der Waals surface area contributed by atoms with Crippen LogP contribution in [0.4, 0.5) is 11.4 Å². The quantitative estimate of drug-likeness (QED) is 0.577. The van der Waals surface area contributed by atoms with Crippen molar-refractivity contribution in [2.24, 2.45) is 11.3 Å². The Bertz CT molecular complexity index is 1000. The van der Waals surface area contributed by atoms with E-state index >= 15 is 0 Å². The highest BCUT2D eigenvalue weighted by Crippen LogP contribution is 2.49. The molecule has 2 aliphatic carbocycles. The minimum Gasteiger partial charge on any atom is -0.370 e. The lowest BCUT2D eigenvalue weighted by Gasteiger charge is -2.41. The molecule has 7 heteroatoms. The Hall–Kier alpha value is -2.25. The Morgan fingerprint density at radius 3 is 2.61 bits per heavy atom. The van der Waals surface area contributed by atoms with Crippen LogP contribution in [0.1, 0.15) is 48.9 Å². The molecule has 176 valence electrons. The number of thiol groups is 1. The Labute approximate surface area is 198 Å². The van der Waals surface area contributed by atoms with E-state index in [0.717, 1.165) is 62.5 Å². The zero-order valence-electron chi connectivity index (χ0n) is 19.1. The van der Waals surface area contributed by atoms with Crippen LogP contribution in [-0.2, 0) is 4.79 Å². The van der Waals surface area contributed by atoms with Crippen molar-refractivity contribution in [3.05, 3.63) is 46.7 Å². The first-order valence-corrected chi connectivity index (χ1v) is 14.0. The Morgan fingerprint density at radius 1 is 1.09 bits per heavy atom. The number of anilines is 2. The van der Waals surface area contributed by atoms with Gasteiger partial charge in [0.05, 0.1) is 16.6 Å². The molecular formula is C26H34N4O2S. The molecule has 6 rings (SSSR count). The maximum absolute atomic E-state index is 14.0. The number of nitrogens with zero attached hydrogens (tertiary/aromatic N) is 2. The lowest BCUT2D eigenvalue weighted by Crippen LogP contribution is -2.53. The summed E-state index contributed by atoms with van der Waals surface area (Å²) in [6.07, 6.45) is 11.3. The molecule has 4 fully saturated rings. The van der Waals surface area contributed by atoms with Gasteiger partial charge in [-0.25, -0.2) is 0 Å². The summed E-state index contributed by atoms with van der Waals surface area (Å²) in [4.78, 5) is 30.9. The molecule has 3 aliphatic heterocycles. The summed E-state index contributed by atoms with van der Waals surface area (Å²) in [5, 5.41) is 11.3. The van der Waals surface area contributed by atoms with E-state index in [1.54, 1.807) is 0 Å². The molecule has 1 atom stereocenters. The summed E-state index contributed by atoms with van der Waals surface area (Å²) < 4.78 is 0. The van der Waals surface area contributed by atoms with Crippen molar-refractivity contribution in [2.75, 3.05) is 42.9 Å². The van der Waals surface area contributed by atoms with Gasteiger partial charge in [0.2, 0.25) is 5.91 Å². The molecule has 2 saturated heterocycles. The van der Waals surface area contributed by atoms with Gasteiger partial charge in [-0.2, -0.15) is 10.9 Å². The van der Waals surface area contributed by atoms with E-state index in [1.165, 1.54) is 25.7 Å². The van der Waals surface area contributed by atoms with Crippen LogP contribution in [0.15, 0.2) is 41.2 Å². The lowest BCUT2D eigenvalue weighted by molar-refractivity contribution is -0.117. The number of nitrogens with one attached hydrogen (secondary N) is 2. The van der Waals surface area contributed by atoms with E-state index in [9.17, 15) is 9.59 Å². The Morgan fingerprint density at radius 2 is 1.91 bits per heavy atom. The fourth-order valence-electron chi connectivity index (χ4n) is 5.76. The third kappa shape index (κ3) is 4.10. The summed E-state index contributed by atoms with van der Waals surface area (Å²) >= 11 is 0. The highest BCUT2D eigenvalue weighted by Gasteiger charge is 2.44. The van der Waals surface area contributed by atoms with Crippen molar-refractivity contribution in [1.82, 2.24) is 10.2 Å². The van der Waals surface area contributed by atoms with Gasteiger partial charge in [-0.3, -0.25) is 9.59 Å². The number of allylic oxidation sites excluding steroid dienone is 2. The second kappa shape index (κ2) is 8.51. The van der Waals surface area contributed by atoms with E-state index in [-0.39, 0.29) is 23.1 Å². The van der Waals surface area contributed by atoms with Crippen LogP contribution in [0.5, 0.6) is 0 Å². The number of piperazine rings is 1. The molecule has 0 aromatic heterocycles. The molecule has 1 unspecified atom stereocenters. The lowest BCUT2D eigenvalue weighted by atomic mass is 9.68. The van der Waals surface area contributed by atoms with Gasteiger partial charge in [-0.1, -0.05) is 18.6 Å². The smallest absolute Gasteiger partial charge is 0.256 e. The summed E-state index contributed by atoms with van der Waals surface area (Å²) in [5.74, 6) is 0.403. The number of amides is 2. The summed E-state index contributed by atoms with van der Waals surface area (Å²) in [7, 11) is -0.462. The van der Waals surface area contributed by atoms with Gasteiger partial charge in [0.25, 0.3) is 5.91 Å². The summed E-state index contributed by atoms with van der Waals surface area (Å²) in [5.41, 5.74) is 3.04. The van der Waals surface area contributed by atoms with Crippen molar-refractivity contribution < 1.29 is 9.59 Å². The van der Waals surface area contributed by atoms with Crippen molar-refractivity contribution in [2.45, 2.75) is 43.9 Å². The average Bonchev–Trinajstić information content (AvgIpc) is 3.33. The van der Waals surface area contributed by atoms with E-state index < -0.39 is 10.9 Å². The second-order valence-corrected chi connectivity index (χ2v) is 12.4. The third-order valence-electron chi connectivity index (χ3n) is 8.09. The largest absolute Gasteiger partial charge is 0.370 e. The predicted molar refractivity (Wildman–Crippen MR) is 136 cm³/mol. The summed E-state index contributed by atoms with van der Waals surface area (Å²) in [6.45, 7) is 4.41. The van der Waals surface area contributed by atoms with E-state index in [0.29, 0.717) is 5.41 Å². The Kier molecular flexibility index (Phi) is 5.49. The molecule has 0 bridgehead atoms. The van der Waals surface area contributed by atoms with E-state index in [1.807, 2.05) is 12.1 Å². The van der Waals surface area contributed by atoms with Gasteiger partial charge in [-0.05, 0) is 66.5 Å². The van der Waals surface area contributed by atoms with Gasteiger partial charge in [0.15, 0.2) is 0 Å². The fraction of sp³-hybridized carbons (Fsp3) is 0.538. The fourth-order valence-corrected chi connectivity index (χ4v) is 7.74. The van der Waals surface area contributed by atoms with Crippen LogP contribution in [0.25, 0.3) is 0 Å². The molecule has 3 heterocycles. The first-order valence-electron chi connectivity index (χ1n) is 12.5. The van der Waals surface area contributed by atoms with E-state index in [2.05, 4.69) is 49.5 Å². The number of carbonyl (C=O) groups is 2. The molecule has 5 aliphatic rings. The monoisotopic (exact) mass is 466 g/mol. The average molecular weight is 467 g/mol. The standard InChI is InChI=1S/C26H34N4O2S/c31-24(19-4-5-19)28-20-6-7-21(22(16-20)29-12-10-26(18-29)8-3-9-26)25(32)30-13-11-27-17-23(30)33-14-1-2-15-33/h1-2,6-7,14-16,19,23,27,33H,3-5,8-13,17-18H2,(H,28,31). The van der Waals surface area contributed by atoms with Crippen LogP contribution in [-0.4, -0.2) is 54.8 Å². The van der Waals surface area contributed by atoms with Gasteiger partial charge >= 0.3 is 0 Å². The zero-order chi connectivity index (χ0) is 22.4. The predicted octanol–water partition coefficient (Wildman–Crippen LogP) is 3.83. The minimum absolute atomic E-state index is 0.113. The first kappa shape index (κ1) is 21.3. The number of hydrogen-bond acceptors (Lipinski definition) is 4. The van der Waals surface area contributed by atoms with Crippen molar-refractivity contribution in [1.29, 1.82) is 0 Å². The maximum atomic E-state index is 14.0. The number of hydrogen-bond donors (Lipinski definition) is 3. The molecule has 6 nitrogen and oxygen atoms in total. The third-order valence-corrected chi connectivity index (χ3v) is 10.3. The Balaban J connectivity index is 1.31. The maximum Gasteiger partial charge on any atom is 0.256 e. The van der Waals surface area contributed by atoms with Crippen molar-refractivity contribution in [3.63, 3.8) is 0 Å². The van der Waals surface area contributed by atoms with Gasteiger partial charge in [0.1, 0.15) is 0 Å². The molecular weight excluding hydrogens is 432 g/mol. The molecule has 0 radical (unpaired) electrons. The molecule has 1 aromatic carbocycles. The molecule has 1 spiro atoms. The van der Waals surface area contributed by atoms with Crippen LogP contribution >= 0.6 is 10.9 Å². The molecule has 1 aromatic rings.